The normalized spacial score (nSPS) is 12.0. The van der Waals surface area contributed by atoms with E-state index in [0.717, 1.165) is 29.1 Å². The number of amidine groups is 1. The van der Waals surface area contributed by atoms with Gasteiger partial charge >= 0.3 is 0 Å². The van der Waals surface area contributed by atoms with Crippen molar-refractivity contribution in [3.8, 4) is 5.75 Å². The Labute approximate surface area is 198 Å². The van der Waals surface area contributed by atoms with Gasteiger partial charge in [0.2, 0.25) is 0 Å². The van der Waals surface area contributed by atoms with Gasteiger partial charge < -0.3 is 15.7 Å². The van der Waals surface area contributed by atoms with E-state index in [4.69, 9.17) is 0 Å². The number of nitrogens with one attached hydrogen (secondary N) is 2. The average molecular weight is 451 g/mol. The second kappa shape index (κ2) is 15.4. The minimum absolute atomic E-state index is 0.117. The number of phenols is 1. The number of para-hydroxylation sites is 1. The number of Topliss-reactive ketones (excluding diaryl/α,β-unsaturated/α-hetero) is 1. The van der Waals surface area contributed by atoms with E-state index < -0.39 is 0 Å². The van der Waals surface area contributed by atoms with Crippen molar-refractivity contribution in [1.82, 2.24) is 5.32 Å². The van der Waals surface area contributed by atoms with Crippen LogP contribution >= 0.6 is 0 Å². The second-order valence-corrected chi connectivity index (χ2v) is 7.29. The number of rotatable bonds is 10. The molecule has 6 nitrogen and oxygen atoms in total. The molecule has 0 amide bonds. The number of nitrogens with zero attached hydrogens (tertiary/aromatic N) is 2. The molecule has 0 aliphatic carbocycles. The van der Waals surface area contributed by atoms with Crippen LogP contribution in [0.1, 0.15) is 52.2 Å². The molecular formula is C27H38N4O2. The molecule has 0 aliphatic heterocycles. The Morgan fingerprint density at radius 3 is 2.30 bits per heavy atom. The molecule has 0 aromatic heterocycles. The van der Waals surface area contributed by atoms with Gasteiger partial charge in [0, 0.05) is 36.1 Å². The van der Waals surface area contributed by atoms with E-state index in [0.29, 0.717) is 25.3 Å². The van der Waals surface area contributed by atoms with E-state index in [1.165, 1.54) is 5.56 Å². The first-order valence-corrected chi connectivity index (χ1v) is 11.5. The first-order chi connectivity index (χ1) is 15.9. The van der Waals surface area contributed by atoms with Crippen molar-refractivity contribution in [3.63, 3.8) is 0 Å². The molecule has 0 saturated carbocycles. The summed E-state index contributed by atoms with van der Waals surface area (Å²) in [5, 5.41) is 16.3. The van der Waals surface area contributed by atoms with Gasteiger partial charge in [-0.15, -0.1) is 0 Å². The van der Waals surface area contributed by atoms with Gasteiger partial charge in [-0.25, -0.2) is 4.99 Å². The zero-order valence-corrected chi connectivity index (χ0v) is 20.8. The molecule has 2 aromatic rings. The molecule has 6 heteroatoms. The molecule has 178 valence electrons. The number of carbonyl (C=O) groups is 1. The van der Waals surface area contributed by atoms with Crippen LogP contribution in [0.4, 0.5) is 5.69 Å². The van der Waals surface area contributed by atoms with Crippen LogP contribution in [0, 0.1) is 0 Å². The zero-order chi connectivity index (χ0) is 24.6. The quantitative estimate of drug-likeness (QED) is 0.335. The van der Waals surface area contributed by atoms with Crippen LogP contribution in [0.25, 0.3) is 0 Å². The minimum Gasteiger partial charge on any atom is -0.508 e. The fourth-order valence-corrected chi connectivity index (χ4v) is 2.98. The SMILES string of the molecule is CC.CCc1ccccc1NC/C(=C/CC(C)=O)NCC(C)=NC(=NC)c1ccc(O)cc1. The largest absolute Gasteiger partial charge is 0.508 e. The van der Waals surface area contributed by atoms with Crippen molar-refractivity contribution in [1.29, 1.82) is 0 Å². The highest BCUT2D eigenvalue weighted by molar-refractivity contribution is 6.06. The molecule has 0 bridgehead atoms. The summed E-state index contributed by atoms with van der Waals surface area (Å²) >= 11 is 0. The summed E-state index contributed by atoms with van der Waals surface area (Å²) in [4.78, 5) is 20.3. The standard InChI is InChI=1S/C25H32N4O2.C2H6/c1-5-20-8-6-7-9-24(20)28-17-22(13-10-19(3)30)27-16-18(2)29-25(26-4)21-11-14-23(31)15-12-21;1-2/h6-9,11-15,27-28,31H,5,10,16-17H2,1-4H3;1-2H3/b22-13-,26-25?,29-18?;. The Bertz CT molecular complexity index is 960. The van der Waals surface area contributed by atoms with Crippen LogP contribution in [0.3, 0.4) is 0 Å². The number of aryl methyl sites for hydroxylation is 1. The fourth-order valence-electron chi connectivity index (χ4n) is 2.98. The number of aliphatic imine (C=N–C) groups is 2. The third kappa shape index (κ3) is 10.2. The number of phenolic OH excluding ortho intramolecular Hbond substituents is 1. The van der Waals surface area contributed by atoms with Crippen molar-refractivity contribution in [2.24, 2.45) is 9.98 Å². The van der Waals surface area contributed by atoms with Crippen LogP contribution in [-0.4, -0.2) is 42.6 Å². The molecule has 0 aliphatic rings. The van der Waals surface area contributed by atoms with Gasteiger partial charge in [0.05, 0.1) is 13.1 Å². The Kier molecular flexibility index (Phi) is 12.9. The minimum atomic E-state index is 0.117. The highest BCUT2D eigenvalue weighted by Crippen LogP contribution is 2.15. The van der Waals surface area contributed by atoms with E-state index in [-0.39, 0.29) is 11.5 Å². The van der Waals surface area contributed by atoms with Crippen LogP contribution in [0.15, 0.2) is 70.3 Å². The van der Waals surface area contributed by atoms with Crippen molar-refractivity contribution in [2.45, 2.75) is 47.5 Å². The zero-order valence-electron chi connectivity index (χ0n) is 20.8. The number of carbonyl (C=O) groups excluding carboxylic acids is 1. The Morgan fingerprint density at radius 1 is 1.03 bits per heavy atom. The monoisotopic (exact) mass is 450 g/mol. The van der Waals surface area contributed by atoms with Gasteiger partial charge in [0.1, 0.15) is 11.5 Å². The number of aromatic hydroxyl groups is 1. The molecule has 0 heterocycles. The first kappa shape index (κ1) is 27.6. The Hall–Kier alpha value is -3.41. The maximum atomic E-state index is 11.5. The highest BCUT2D eigenvalue weighted by atomic mass is 16.3. The number of allylic oxidation sites excluding steroid dienone is 1. The fraction of sp³-hybridized carbons (Fsp3) is 0.370. The lowest BCUT2D eigenvalue weighted by atomic mass is 10.1. The first-order valence-electron chi connectivity index (χ1n) is 11.5. The lowest BCUT2D eigenvalue weighted by Crippen LogP contribution is -2.26. The number of hydrogen-bond donors (Lipinski definition) is 3. The molecule has 0 spiro atoms. The molecule has 3 N–H and O–H groups in total. The van der Waals surface area contributed by atoms with Gasteiger partial charge in [-0.2, -0.15) is 0 Å². The van der Waals surface area contributed by atoms with Crippen LogP contribution in [-0.2, 0) is 11.2 Å². The molecule has 2 aromatic carbocycles. The third-order valence-corrected chi connectivity index (χ3v) is 4.71. The van der Waals surface area contributed by atoms with Crippen molar-refractivity contribution in [2.75, 3.05) is 25.5 Å². The van der Waals surface area contributed by atoms with Crippen molar-refractivity contribution in [3.05, 3.63) is 71.4 Å². The van der Waals surface area contributed by atoms with Crippen LogP contribution in [0.5, 0.6) is 5.75 Å². The molecular weight excluding hydrogens is 412 g/mol. The lowest BCUT2D eigenvalue weighted by molar-refractivity contribution is -0.116. The van der Waals surface area contributed by atoms with E-state index in [1.54, 1.807) is 38.2 Å². The second-order valence-electron chi connectivity index (χ2n) is 7.29. The van der Waals surface area contributed by atoms with Crippen molar-refractivity contribution >= 4 is 23.0 Å². The average Bonchev–Trinajstić information content (AvgIpc) is 2.84. The molecule has 0 radical (unpaired) electrons. The molecule has 0 saturated heterocycles. The van der Waals surface area contributed by atoms with E-state index in [9.17, 15) is 9.90 Å². The maximum absolute atomic E-state index is 11.5. The molecule has 33 heavy (non-hydrogen) atoms. The predicted octanol–water partition coefficient (Wildman–Crippen LogP) is 5.38. The molecule has 0 unspecified atom stereocenters. The summed E-state index contributed by atoms with van der Waals surface area (Å²) in [6.07, 6.45) is 3.25. The summed E-state index contributed by atoms with van der Waals surface area (Å²) in [7, 11) is 1.69. The Balaban J connectivity index is 0.00000265. The summed E-state index contributed by atoms with van der Waals surface area (Å²) in [5.41, 5.74) is 4.99. The molecule has 0 atom stereocenters. The van der Waals surface area contributed by atoms with E-state index in [1.807, 2.05) is 39.0 Å². The van der Waals surface area contributed by atoms with Gasteiger partial charge in [0.25, 0.3) is 0 Å². The van der Waals surface area contributed by atoms with Gasteiger partial charge in [-0.3, -0.25) is 9.79 Å². The van der Waals surface area contributed by atoms with Gasteiger partial charge in [0.15, 0.2) is 5.84 Å². The van der Waals surface area contributed by atoms with Crippen LogP contribution in [0.2, 0.25) is 0 Å². The van der Waals surface area contributed by atoms with E-state index >= 15 is 0 Å². The summed E-state index contributed by atoms with van der Waals surface area (Å²) in [5.74, 6) is 0.925. The third-order valence-electron chi connectivity index (χ3n) is 4.71. The van der Waals surface area contributed by atoms with Gasteiger partial charge in [-0.05, 0) is 56.2 Å². The summed E-state index contributed by atoms with van der Waals surface area (Å²) in [6.45, 7) is 10.8. The topological polar surface area (TPSA) is 86.1 Å². The summed E-state index contributed by atoms with van der Waals surface area (Å²) in [6, 6.07) is 15.0. The Morgan fingerprint density at radius 2 is 1.70 bits per heavy atom. The molecule has 2 rings (SSSR count). The number of anilines is 1. The van der Waals surface area contributed by atoms with Crippen LogP contribution < -0.4 is 10.6 Å². The predicted molar refractivity (Wildman–Crippen MR) is 141 cm³/mol. The number of ketones is 1. The van der Waals surface area contributed by atoms with E-state index in [2.05, 4.69) is 39.7 Å². The maximum Gasteiger partial charge on any atom is 0.154 e. The van der Waals surface area contributed by atoms with Gasteiger partial charge in [-0.1, -0.05) is 45.0 Å². The summed E-state index contributed by atoms with van der Waals surface area (Å²) < 4.78 is 0. The number of benzene rings is 2. The van der Waals surface area contributed by atoms with Crippen molar-refractivity contribution < 1.29 is 9.90 Å². The molecule has 0 fully saturated rings. The highest BCUT2D eigenvalue weighted by Gasteiger charge is 2.05. The lowest BCUT2D eigenvalue weighted by Gasteiger charge is -2.15. The number of hydrogen-bond acceptors (Lipinski definition) is 5. The smallest absolute Gasteiger partial charge is 0.154 e.